The van der Waals surface area contributed by atoms with Crippen LogP contribution in [-0.4, -0.2) is 50.8 Å². The van der Waals surface area contributed by atoms with Crippen LogP contribution in [0.15, 0.2) is 18.2 Å². The van der Waals surface area contributed by atoms with Gasteiger partial charge >= 0.3 is 0 Å². The highest BCUT2D eigenvalue weighted by Crippen LogP contribution is 2.22. The molecule has 1 aliphatic heterocycles. The molecule has 2 rings (SSSR count). The van der Waals surface area contributed by atoms with E-state index in [9.17, 15) is 12.8 Å². The molecule has 0 N–H and O–H groups in total. The molecule has 1 unspecified atom stereocenters. The van der Waals surface area contributed by atoms with E-state index in [0.29, 0.717) is 19.1 Å². The number of nitrogens with zero attached hydrogens (tertiary/aromatic N) is 2. The van der Waals surface area contributed by atoms with E-state index in [-0.39, 0.29) is 16.3 Å². The minimum atomic E-state index is -3.51. The van der Waals surface area contributed by atoms with Crippen molar-refractivity contribution in [2.45, 2.75) is 31.1 Å². The van der Waals surface area contributed by atoms with Crippen molar-refractivity contribution in [3.63, 3.8) is 0 Å². The third-order valence-electron chi connectivity index (χ3n) is 4.13. The lowest BCUT2D eigenvalue weighted by Gasteiger charge is -2.23. The first kappa shape index (κ1) is 17.7. The van der Waals surface area contributed by atoms with Gasteiger partial charge in [0.1, 0.15) is 5.82 Å². The zero-order valence-corrected chi connectivity index (χ0v) is 14.5. The van der Waals surface area contributed by atoms with Crippen LogP contribution in [0, 0.1) is 5.82 Å². The Hall–Kier alpha value is -0.690. The fraction of sp³-hybridized carbons (Fsp3) is 0.600. The monoisotopic (exact) mass is 348 g/mol. The number of sulfonamides is 1. The van der Waals surface area contributed by atoms with Gasteiger partial charge in [0.25, 0.3) is 0 Å². The highest BCUT2D eigenvalue weighted by Gasteiger charge is 2.27. The van der Waals surface area contributed by atoms with Gasteiger partial charge in [0.05, 0.1) is 5.75 Å². The molecule has 124 valence electrons. The number of hydrogen-bond donors (Lipinski definition) is 0. The molecular formula is C15H22ClFN2O2S. The fourth-order valence-corrected chi connectivity index (χ4v) is 4.53. The second kappa shape index (κ2) is 7.25. The van der Waals surface area contributed by atoms with E-state index in [1.165, 1.54) is 16.4 Å². The highest BCUT2D eigenvalue weighted by atomic mass is 35.5. The van der Waals surface area contributed by atoms with Gasteiger partial charge in [-0.3, -0.25) is 0 Å². The molecule has 0 aliphatic carbocycles. The Kier molecular flexibility index (Phi) is 5.82. The predicted octanol–water partition coefficient (Wildman–Crippen LogP) is 2.73. The predicted molar refractivity (Wildman–Crippen MR) is 86.9 cm³/mol. The smallest absolute Gasteiger partial charge is 0.218 e. The van der Waals surface area contributed by atoms with Crippen LogP contribution in [-0.2, 0) is 15.8 Å². The molecule has 0 saturated carbocycles. The third kappa shape index (κ3) is 4.41. The quantitative estimate of drug-likeness (QED) is 0.840. The first-order valence-corrected chi connectivity index (χ1v) is 9.36. The molecule has 1 aliphatic rings. The van der Waals surface area contributed by atoms with Gasteiger partial charge in [-0.2, -0.15) is 0 Å². The number of rotatable bonds is 4. The van der Waals surface area contributed by atoms with Crippen LogP contribution in [0.4, 0.5) is 4.39 Å². The van der Waals surface area contributed by atoms with Crippen molar-refractivity contribution in [1.29, 1.82) is 0 Å². The minimum absolute atomic E-state index is 0.165. The number of benzene rings is 1. The van der Waals surface area contributed by atoms with E-state index in [2.05, 4.69) is 4.90 Å². The summed E-state index contributed by atoms with van der Waals surface area (Å²) in [4.78, 5) is 2.13. The van der Waals surface area contributed by atoms with Crippen molar-refractivity contribution in [3.05, 3.63) is 34.6 Å². The average molecular weight is 349 g/mol. The van der Waals surface area contributed by atoms with Crippen molar-refractivity contribution >= 4 is 21.6 Å². The summed E-state index contributed by atoms with van der Waals surface area (Å²) in [6, 6.07) is 4.50. The summed E-state index contributed by atoms with van der Waals surface area (Å²) in [7, 11) is 0.511. The fourth-order valence-electron chi connectivity index (χ4n) is 2.77. The van der Waals surface area contributed by atoms with Crippen LogP contribution in [0.1, 0.15) is 24.8 Å². The molecule has 0 spiro atoms. The maximum absolute atomic E-state index is 13.8. The summed E-state index contributed by atoms with van der Waals surface area (Å²) < 4.78 is 40.4. The van der Waals surface area contributed by atoms with Gasteiger partial charge < -0.3 is 4.90 Å². The van der Waals surface area contributed by atoms with Crippen LogP contribution < -0.4 is 0 Å². The molecule has 0 aromatic heterocycles. The van der Waals surface area contributed by atoms with Crippen LogP contribution in [0.25, 0.3) is 0 Å². The summed E-state index contributed by atoms with van der Waals surface area (Å²) in [6.07, 6.45) is 2.61. The van der Waals surface area contributed by atoms with Crippen LogP contribution in [0.2, 0.25) is 5.02 Å². The van der Waals surface area contributed by atoms with Crippen molar-refractivity contribution < 1.29 is 12.8 Å². The maximum atomic E-state index is 13.8. The van der Waals surface area contributed by atoms with Crippen LogP contribution >= 0.6 is 11.6 Å². The summed E-state index contributed by atoms with van der Waals surface area (Å²) in [5.74, 6) is -0.889. The second-order valence-corrected chi connectivity index (χ2v) is 8.34. The Morgan fingerprint density at radius 1 is 1.32 bits per heavy atom. The van der Waals surface area contributed by atoms with Crippen molar-refractivity contribution in [2.24, 2.45) is 0 Å². The van der Waals surface area contributed by atoms with Crippen molar-refractivity contribution in [2.75, 3.05) is 27.2 Å². The average Bonchev–Trinajstić information content (AvgIpc) is 2.68. The molecule has 22 heavy (non-hydrogen) atoms. The number of hydrogen-bond acceptors (Lipinski definition) is 3. The Balaban J connectivity index is 2.10. The van der Waals surface area contributed by atoms with Crippen LogP contribution in [0.5, 0.6) is 0 Å². The van der Waals surface area contributed by atoms with Gasteiger partial charge in [0.2, 0.25) is 10.0 Å². The normalized spacial score (nSPS) is 21.0. The molecule has 1 aromatic rings. The molecule has 0 radical (unpaired) electrons. The maximum Gasteiger partial charge on any atom is 0.218 e. The molecule has 1 heterocycles. The van der Waals surface area contributed by atoms with E-state index >= 15 is 0 Å². The molecule has 1 saturated heterocycles. The lowest BCUT2D eigenvalue weighted by molar-refractivity contribution is 0.268. The van der Waals surface area contributed by atoms with Gasteiger partial charge in [-0.05, 0) is 45.5 Å². The summed E-state index contributed by atoms with van der Waals surface area (Å²) in [5.41, 5.74) is 0.165. The van der Waals surface area contributed by atoms with Gasteiger partial charge in [-0.25, -0.2) is 17.1 Å². The van der Waals surface area contributed by atoms with Gasteiger partial charge in [-0.1, -0.05) is 17.7 Å². The van der Waals surface area contributed by atoms with E-state index < -0.39 is 15.8 Å². The first-order valence-electron chi connectivity index (χ1n) is 7.38. The van der Waals surface area contributed by atoms with Gasteiger partial charge in [0, 0.05) is 29.7 Å². The second-order valence-electron chi connectivity index (χ2n) is 5.94. The van der Waals surface area contributed by atoms with Crippen LogP contribution in [0.3, 0.4) is 0 Å². The third-order valence-corrected chi connectivity index (χ3v) is 6.20. The van der Waals surface area contributed by atoms with Crippen molar-refractivity contribution in [3.8, 4) is 0 Å². The molecule has 4 nitrogen and oxygen atoms in total. The molecule has 1 atom stereocenters. The number of halogens is 2. The first-order chi connectivity index (χ1) is 10.3. The van der Waals surface area contributed by atoms with E-state index in [0.717, 1.165) is 25.3 Å². The Bertz CT molecular complexity index is 622. The lowest BCUT2D eigenvalue weighted by atomic mass is 10.1. The molecule has 0 amide bonds. The SMILES string of the molecule is CN(C)C1CCCN(S(=O)(=O)Cc2ccc(Cl)cc2F)CC1. The summed E-state index contributed by atoms with van der Waals surface area (Å²) >= 11 is 5.70. The van der Waals surface area contributed by atoms with Crippen molar-refractivity contribution in [1.82, 2.24) is 9.21 Å². The zero-order valence-electron chi connectivity index (χ0n) is 12.9. The molecule has 0 bridgehead atoms. The Labute approximate surface area is 136 Å². The zero-order chi connectivity index (χ0) is 16.3. The standard InChI is InChI=1S/C15H22ClFN2O2S/c1-18(2)14-4-3-8-19(9-7-14)22(20,21)11-12-5-6-13(16)10-15(12)17/h5-6,10,14H,3-4,7-9,11H2,1-2H3. The summed E-state index contributed by atoms with van der Waals surface area (Å²) in [5, 5.41) is 0.266. The van der Waals surface area contributed by atoms with Gasteiger partial charge in [0.15, 0.2) is 0 Å². The Morgan fingerprint density at radius 3 is 2.68 bits per heavy atom. The largest absolute Gasteiger partial charge is 0.306 e. The lowest BCUT2D eigenvalue weighted by Crippen LogP contribution is -2.34. The highest BCUT2D eigenvalue weighted by molar-refractivity contribution is 7.88. The molecule has 7 heteroatoms. The topological polar surface area (TPSA) is 40.6 Å². The minimum Gasteiger partial charge on any atom is -0.306 e. The molecule has 1 aromatic carbocycles. The Morgan fingerprint density at radius 2 is 2.05 bits per heavy atom. The summed E-state index contributed by atoms with van der Waals surface area (Å²) in [6.45, 7) is 0.988. The van der Waals surface area contributed by atoms with E-state index in [1.54, 1.807) is 0 Å². The molecule has 1 fully saturated rings. The molecular weight excluding hydrogens is 327 g/mol. The van der Waals surface area contributed by atoms with E-state index in [4.69, 9.17) is 11.6 Å². The van der Waals surface area contributed by atoms with Gasteiger partial charge in [-0.15, -0.1) is 0 Å². The van der Waals surface area contributed by atoms with E-state index in [1.807, 2.05) is 14.1 Å².